The summed E-state index contributed by atoms with van der Waals surface area (Å²) in [5, 5.41) is 0. The number of imide groups is 1. The molecule has 0 radical (unpaired) electrons. The second kappa shape index (κ2) is 11.2. The molecule has 1 saturated heterocycles. The van der Waals surface area contributed by atoms with Crippen LogP contribution in [0.4, 0.5) is 22.4 Å². The molecule has 12 heteroatoms. The second-order valence-electron chi connectivity index (χ2n) is 10.7. The number of alkyl halides is 3. The number of carbonyl (C=O) groups is 4. The molecule has 1 aliphatic heterocycles. The van der Waals surface area contributed by atoms with Crippen molar-refractivity contribution in [3.8, 4) is 0 Å². The van der Waals surface area contributed by atoms with Crippen LogP contribution in [0.1, 0.15) is 51.5 Å². The first-order valence-corrected chi connectivity index (χ1v) is 13.4. The van der Waals surface area contributed by atoms with E-state index in [9.17, 15) is 36.7 Å². The molecule has 2 aliphatic rings. The molecule has 1 spiro atoms. The average molecular weight is 598 g/mol. The molecule has 2 atom stereocenters. The first-order valence-electron chi connectivity index (χ1n) is 13.4. The molecule has 2 N–H and O–H groups in total. The van der Waals surface area contributed by atoms with Crippen molar-refractivity contribution >= 4 is 23.8 Å². The minimum Gasteiger partial charge on any atom is -0.427 e. The van der Waals surface area contributed by atoms with Gasteiger partial charge in [-0.3, -0.25) is 14.4 Å². The lowest BCUT2D eigenvalue weighted by atomic mass is 9.93. The number of nitrogens with two attached hydrogens (primary N) is 1. The van der Waals surface area contributed by atoms with Gasteiger partial charge in [0.15, 0.2) is 0 Å². The van der Waals surface area contributed by atoms with E-state index in [0.29, 0.717) is 33.8 Å². The number of primary amides is 1. The van der Waals surface area contributed by atoms with Gasteiger partial charge < -0.3 is 15.4 Å². The number of hydrogen-bond donors (Lipinski definition) is 1. The third kappa shape index (κ3) is 5.81. The molecule has 8 nitrogen and oxygen atoms in total. The summed E-state index contributed by atoms with van der Waals surface area (Å²) >= 11 is 0. The van der Waals surface area contributed by atoms with E-state index in [1.165, 1.54) is 12.1 Å². The molecular weight excluding hydrogens is 570 g/mol. The summed E-state index contributed by atoms with van der Waals surface area (Å²) in [7, 11) is 0. The molecule has 0 unspecified atom stereocenters. The van der Waals surface area contributed by atoms with E-state index < -0.39 is 60.5 Å². The van der Waals surface area contributed by atoms with Gasteiger partial charge in [0, 0.05) is 24.1 Å². The van der Waals surface area contributed by atoms with Crippen molar-refractivity contribution in [3.05, 3.63) is 106 Å². The van der Waals surface area contributed by atoms with Crippen LogP contribution in [0.15, 0.2) is 66.7 Å². The van der Waals surface area contributed by atoms with Gasteiger partial charge in [0.2, 0.25) is 17.4 Å². The van der Waals surface area contributed by atoms with E-state index >= 15 is 0 Å². The van der Waals surface area contributed by atoms with E-state index in [2.05, 4.69) is 0 Å². The Kier molecular flexibility index (Phi) is 7.72. The zero-order valence-electron chi connectivity index (χ0n) is 23.0. The van der Waals surface area contributed by atoms with Crippen molar-refractivity contribution in [3.63, 3.8) is 0 Å². The third-order valence-electron chi connectivity index (χ3n) is 7.89. The summed E-state index contributed by atoms with van der Waals surface area (Å²) in [6, 6.07) is 14.5. The number of nitrogens with zero attached hydrogens (tertiary/aromatic N) is 2. The molecule has 43 heavy (non-hydrogen) atoms. The summed E-state index contributed by atoms with van der Waals surface area (Å²) in [5.41, 5.74) is 7.29. The zero-order chi connectivity index (χ0) is 31.1. The topological polar surface area (TPSA) is 110 Å². The molecule has 0 aromatic heterocycles. The Morgan fingerprint density at radius 2 is 1.63 bits per heavy atom. The first-order chi connectivity index (χ1) is 20.3. The van der Waals surface area contributed by atoms with Crippen molar-refractivity contribution in [2.45, 2.75) is 50.6 Å². The van der Waals surface area contributed by atoms with Crippen LogP contribution in [0.2, 0.25) is 0 Å². The monoisotopic (exact) mass is 597 g/mol. The molecule has 5 rings (SSSR count). The summed E-state index contributed by atoms with van der Waals surface area (Å²) in [4.78, 5) is 52.0. The van der Waals surface area contributed by atoms with Gasteiger partial charge >= 0.3 is 12.3 Å². The number of fused-ring (bicyclic) bond motifs is 2. The quantitative estimate of drug-likeness (QED) is 0.382. The predicted molar refractivity (Wildman–Crippen MR) is 145 cm³/mol. The maximum atomic E-state index is 13.7. The SMILES string of the molecule is C[C@H](N(Cc1ccc(F)cc1)C(=O)CN1C(=O)O[C@@]2(CCc3cc(Cc4ccc(C(N)=O)cc4)ccc32)C1=O)C(F)(F)F. The number of benzene rings is 3. The summed E-state index contributed by atoms with van der Waals surface area (Å²) < 4.78 is 59.9. The number of halogens is 4. The summed E-state index contributed by atoms with van der Waals surface area (Å²) in [6.07, 6.45) is -4.88. The Hall–Kier alpha value is -4.74. The number of ether oxygens (including phenoxy) is 1. The highest BCUT2D eigenvalue weighted by Crippen LogP contribution is 2.45. The highest BCUT2D eigenvalue weighted by atomic mass is 19.4. The lowest BCUT2D eigenvalue weighted by Crippen LogP contribution is -2.51. The minimum atomic E-state index is -4.79. The van der Waals surface area contributed by atoms with E-state index in [4.69, 9.17) is 10.5 Å². The Labute approximate surface area is 244 Å². The largest absolute Gasteiger partial charge is 0.427 e. The molecule has 3 aromatic carbocycles. The van der Waals surface area contributed by atoms with Crippen molar-refractivity contribution in [1.29, 1.82) is 0 Å². The smallest absolute Gasteiger partial charge is 0.418 e. The lowest BCUT2D eigenvalue weighted by molar-refractivity contribution is -0.187. The van der Waals surface area contributed by atoms with Gasteiger partial charge in [0.1, 0.15) is 18.4 Å². The first kappa shape index (κ1) is 29.7. The van der Waals surface area contributed by atoms with Crippen LogP contribution in [0.5, 0.6) is 0 Å². The Bertz CT molecular complexity index is 1590. The number of amides is 4. The van der Waals surface area contributed by atoms with Gasteiger partial charge in [0.25, 0.3) is 5.91 Å². The number of hydrogen-bond acceptors (Lipinski definition) is 5. The molecule has 1 heterocycles. The van der Waals surface area contributed by atoms with E-state index in [1.54, 1.807) is 36.4 Å². The molecule has 4 amide bonds. The van der Waals surface area contributed by atoms with Gasteiger partial charge in [0.05, 0.1) is 0 Å². The third-order valence-corrected chi connectivity index (χ3v) is 7.89. The fourth-order valence-corrected chi connectivity index (χ4v) is 5.47. The molecule has 224 valence electrons. The molecule has 1 aliphatic carbocycles. The van der Waals surface area contributed by atoms with Crippen LogP contribution in [0, 0.1) is 5.82 Å². The Balaban J connectivity index is 1.34. The maximum absolute atomic E-state index is 13.7. The summed E-state index contributed by atoms with van der Waals surface area (Å²) in [5.74, 6) is -3.06. The van der Waals surface area contributed by atoms with Crippen LogP contribution in [-0.4, -0.2) is 52.4 Å². The van der Waals surface area contributed by atoms with E-state index in [0.717, 1.165) is 35.7 Å². The molecule has 1 fully saturated rings. The van der Waals surface area contributed by atoms with Crippen molar-refractivity contribution in [2.24, 2.45) is 5.73 Å². The average Bonchev–Trinajstić information content (AvgIpc) is 3.43. The van der Waals surface area contributed by atoms with Gasteiger partial charge in [-0.25, -0.2) is 14.1 Å². The predicted octanol–water partition coefficient (Wildman–Crippen LogP) is 4.62. The van der Waals surface area contributed by atoms with Crippen LogP contribution >= 0.6 is 0 Å². The number of carbonyl (C=O) groups excluding carboxylic acids is 4. The minimum absolute atomic E-state index is 0.118. The fourth-order valence-electron chi connectivity index (χ4n) is 5.47. The molecule has 0 bridgehead atoms. The number of rotatable bonds is 8. The zero-order valence-corrected chi connectivity index (χ0v) is 23.0. The van der Waals surface area contributed by atoms with E-state index in [-0.39, 0.29) is 12.0 Å². The normalized spacial score (nSPS) is 18.5. The van der Waals surface area contributed by atoms with Gasteiger partial charge in [-0.15, -0.1) is 0 Å². The van der Waals surface area contributed by atoms with Crippen LogP contribution < -0.4 is 5.73 Å². The van der Waals surface area contributed by atoms with E-state index in [1.807, 2.05) is 6.07 Å². The Morgan fingerprint density at radius 3 is 2.26 bits per heavy atom. The maximum Gasteiger partial charge on any atom is 0.418 e. The van der Waals surface area contributed by atoms with Gasteiger partial charge in [-0.1, -0.05) is 42.5 Å². The molecule has 3 aromatic rings. The van der Waals surface area contributed by atoms with Crippen LogP contribution in [0.25, 0.3) is 0 Å². The van der Waals surface area contributed by atoms with Crippen molar-refractivity contribution < 1.29 is 41.5 Å². The Morgan fingerprint density at radius 1 is 1.00 bits per heavy atom. The highest BCUT2D eigenvalue weighted by Gasteiger charge is 2.58. The standard InChI is InChI=1S/C31H27F4N3O5/c1-18(31(33,34)35)37(16-20-4-9-24(32)10-5-20)26(39)17-38-28(41)30(43-29(38)42)13-12-23-15-21(6-11-25(23)30)14-19-2-7-22(8-3-19)27(36)40/h2-11,15,18H,12-14,16-17H2,1H3,(H2,36,40)/t18-,30+/m0/s1. The summed E-state index contributed by atoms with van der Waals surface area (Å²) in [6.45, 7) is -0.668. The van der Waals surface area contributed by atoms with Gasteiger partial charge in [-0.05, 0) is 66.3 Å². The highest BCUT2D eigenvalue weighted by molar-refractivity contribution is 6.06. The van der Waals surface area contributed by atoms with Crippen LogP contribution in [-0.2, 0) is 39.3 Å². The molecule has 0 saturated carbocycles. The fraction of sp³-hybridized carbons (Fsp3) is 0.290. The van der Waals surface area contributed by atoms with Crippen molar-refractivity contribution in [1.82, 2.24) is 9.80 Å². The number of aryl methyl sites for hydroxylation is 1. The van der Waals surface area contributed by atoms with Crippen LogP contribution in [0.3, 0.4) is 0 Å². The molecular formula is C31H27F4N3O5. The van der Waals surface area contributed by atoms with Crippen molar-refractivity contribution in [2.75, 3.05) is 6.54 Å². The lowest BCUT2D eigenvalue weighted by Gasteiger charge is -2.31. The second-order valence-corrected chi connectivity index (χ2v) is 10.7. The van der Waals surface area contributed by atoms with Gasteiger partial charge in [-0.2, -0.15) is 13.2 Å².